The Kier molecular flexibility index (Phi) is 7.27. The van der Waals surface area contributed by atoms with E-state index in [9.17, 15) is 10.1 Å². The summed E-state index contributed by atoms with van der Waals surface area (Å²) in [6.07, 6.45) is 0.997. The maximum absolute atomic E-state index is 10.9. The fourth-order valence-electron chi connectivity index (χ4n) is 2.73. The van der Waals surface area contributed by atoms with Gasteiger partial charge in [-0.3, -0.25) is 10.1 Å². The number of hydrogen-bond donors (Lipinski definition) is 0. The number of nitrogens with zero attached hydrogens (tertiary/aromatic N) is 4. The van der Waals surface area contributed by atoms with Crippen LogP contribution in [0.25, 0.3) is 0 Å². The monoisotopic (exact) mass is 432 g/mol. The van der Waals surface area contributed by atoms with Gasteiger partial charge in [-0.15, -0.1) is 10.2 Å². The van der Waals surface area contributed by atoms with E-state index in [1.807, 2.05) is 17.5 Å². The van der Waals surface area contributed by atoms with E-state index in [0.29, 0.717) is 18.3 Å². The molecule has 0 unspecified atom stereocenters. The van der Waals surface area contributed by atoms with Crippen LogP contribution in [0.15, 0.2) is 40.9 Å². The van der Waals surface area contributed by atoms with E-state index in [4.69, 9.17) is 4.74 Å². The number of aryl methyl sites for hydroxylation is 1. The zero-order valence-electron chi connectivity index (χ0n) is 16.7. The molecule has 1 aromatic carbocycles. The van der Waals surface area contributed by atoms with Crippen LogP contribution in [0.4, 0.5) is 5.00 Å². The molecule has 0 radical (unpaired) electrons. The van der Waals surface area contributed by atoms with Crippen molar-refractivity contribution in [2.75, 3.05) is 0 Å². The molecular weight excluding hydrogens is 408 g/mol. The van der Waals surface area contributed by atoms with Crippen LogP contribution in [-0.2, 0) is 25.3 Å². The smallest absolute Gasteiger partial charge is 0.324 e. The third kappa shape index (κ3) is 5.80. The molecule has 3 rings (SSSR count). The van der Waals surface area contributed by atoms with Gasteiger partial charge in [0.25, 0.3) is 0 Å². The Balaban J connectivity index is 1.68. The number of thioether (sulfide) groups is 1. The van der Waals surface area contributed by atoms with Crippen molar-refractivity contribution in [1.29, 1.82) is 0 Å². The molecule has 2 aromatic heterocycles. The Bertz CT molecular complexity index is 951. The lowest BCUT2D eigenvalue weighted by molar-refractivity contribution is -0.380. The van der Waals surface area contributed by atoms with Gasteiger partial charge in [-0.1, -0.05) is 56.0 Å². The molecule has 0 bridgehead atoms. The van der Waals surface area contributed by atoms with Crippen molar-refractivity contribution in [2.24, 2.45) is 5.92 Å². The van der Waals surface area contributed by atoms with Crippen molar-refractivity contribution in [3.63, 3.8) is 0 Å². The summed E-state index contributed by atoms with van der Waals surface area (Å²) in [5, 5.41) is 22.3. The predicted molar refractivity (Wildman–Crippen MR) is 116 cm³/mol. The van der Waals surface area contributed by atoms with Gasteiger partial charge >= 0.3 is 5.00 Å². The molecule has 0 N–H and O–H groups in total. The van der Waals surface area contributed by atoms with Crippen LogP contribution in [0.2, 0.25) is 0 Å². The largest absolute Gasteiger partial charge is 0.486 e. The first kappa shape index (κ1) is 21.3. The predicted octanol–water partition coefficient (Wildman–Crippen LogP) is 5.34. The number of benzene rings is 1. The SMILES string of the molecule is CCc1ccc(OCc2nnc(SCc3csc([N+](=O)[O-])c3)n2CC(C)C)cc1. The van der Waals surface area contributed by atoms with Gasteiger partial charge < -0.3 is 9.30 Å². The van der Waals surface area contributed by atoms with Gasteiger partial charge in [-0.05, 0) is 35.6 Å². The van der Waals surface area contributed by atoms with Crippen molar-refractivity contribution in [3.05, 3.63) is 62.8 Å². The minimum absolute atomic E-state index is 0.160. The van der Waals surface area contributed by atoms with Crippen LogP contribution < -0.4 is 4.74 Å². The highest BCUT2D eigenvalue weighted by Gasteiger charge is 2.16. The Morgan fingerprint density at radius 1 is 1.24 bits per heavy atom. The van der Waals surface area contributed by atoms with Gasteiger partial charge in [0.1, 0.15) is 12.4 Å². The van der Waals surface area contributed by atoms with Gasteiger partial charge in [0, 0.05) is 23.7 Å². The Hall–Kier alpha value is -2.39. The van der Waals surface area contributed by atoms with E-state index in [-0.39, 0.29) is 9.92 Å². The third-order valence-corrected chi connectivity index (χ3v) is 6.20. The fraction of sp³-hybridized carbons (Fsp3) is 0.400. The van der Waals surface area contributed by atoms with Gasteiger partial charge in [0.05, 0.1) is 4.92 Å². The van der Waals surface area contributed by atoms with Crippen molar-refractivity contribution in [1.82, 2.24) is 14.8 Å². The quantitative estimate of drug-likeness (QED) is 0.244. The number of rotatable bonds is 10. The van der Waals surface area contributed by atoms with Crippen LogP contribution in [-0.4, -0.2) is 19.7 Å². The molecule has 9 heteroatoms. The second kappa shape index (κ2) is 9.89. The molecule has 0 atom stereocenters. The summed E-state index contributed by atoms with van der Waals surface area (Å²) in [4.78, 5) is 10.5. The lowest BCUT2D eigenvalue weighted by atomic mass is 10.2. The van der Waals surface area contributed by atoms with Gasteiger partial charge in [0.2, 0.25) is 0 Å². The van der Waals surface area contributed by atoms with Crippen molar-refractivity contribution in [3.8, 4) is 5.75 Å². The molecule has 0 saturated carbocycles. The Labute approximate surface area is 178 Å². The molecule has 154 valence electrons. The minimum Gasteiger partial charge on any atom is -0.486 e. The highest BCUT2D eigenvalue weighted by molar-refractivity contribution is 7.98. The number of hydrogen-bond acceptors (Lipinski definition) is 7. The normalized spacial score (nSPS) is 11.2. The summed E-state index contributed by atoms with van der Waals surface area (Å²) in [5.41, 5.74) is 2.19. The summed E-state index contributed by atoms with van der Waals surface area (Å²) in [5.74, 6) is 2.62. The average molecular weight is 433 g/mol. The average Bonchev–Trinajstić information content (AvgIpc) is 3.32. The number of nitro groups is 1. The minimum atomic E-state index is -0.359. The first-order valence-electron chi connectivity index (χ1n) is 9.44. The lowest BCUT2D eigenvalue weighted by Crippen LogP contribution is -2.12. The van der Waals surface area contributed by atoms with Crippen LogP contribution in [0, 0.1) is 16.0 Å². The van der Waals surface area contributed by atoms with Crippen LogP contribution >= 0.6 is 23.1 Å². The van der Waals surface area contributed by atoms with Gasteiger partial charge in [0.15, 0.2) is 11.0 Å². The fourth-order valence-corrected chi connectivity index (χ4v) is 4.46. The molecule has 2 heterocycles. The standard InChI is InChI=1S/C20H24N4O3S2/c1-4-15-5-7-17(8-6-15)27-11-18-21-22-20(23(18)10-14(2)3)29-13-16-9-19(24(25)26)28-12-16/h5-9,12,14H,4,10-11,13H2,1-3H3. The zero-order chi connectivity index (χ0) is 20.8. The topological polar surface area (TPSA) is 83.1 Å². The molecule has 0 amide bonds. The molecule has 0 aliphatic heterocycles. The summed E-state index contributed by atoms with van der Waals surface area (Å²) in [6.45, 7) is 7.54. The zero-order valence-corrected chi connectivity index (χ0v) is 18.3. The summed E-state index contributed by atoms with van der Waals surface area (Å²) < 4.78 is 7.99. The van der Waals surface area contributed by atoms with E-state index < -0.39 is 0 Å². The molecular formula is C20H24N4O3S2. The third-order valence-electron chi connectivity index (χ3n) is 4.23. The molecule has 0 aliphatic carbocycles. The number of ether oxygens (including phenoxy) is 1. The Morgan fingerprint density at radius 2 is 2.00 bits per heavy atom. The van der Waals surface area contributed by atoms with Crippen molar-refractivity contribution in [2.45, 2.75) is 51.3 Å². The molecule has 29 heavy (non-hydrogen) atoms. The highest BCUT2D eigenvalue weighted by atomic mass is 32.2. The van der Waals surface area contributed by atoms with Gasteiger partial charge in [-0.2, -0.15) is 0 Å². The van der Waals surface area contributed by atoms with E-state index in [1.54, 1.807) is 6.07 Å². The maximum atomic E-state index is 10.9. The summed E-state index contributed by atoms with van der Waals surface area (Å²) in [7, 11) is 0. The molecule has 7 nitrogen and oxygen atoms in total. The van der Waals surface area contributed by atoms with E-state index in [2.05, 4.69) is 47.7 Å². The molecule has 3 aromatic rings. The first-order chi connectivity index (χ1) is 14.0. The Morgan fingerprint density at radius 3 is 2.62 bits per heavy atom. The van der Waals surface area contributed by atoms with Crippen LogP contribution in [0.5, 0.6) is 5.75 Å². The number of aromatic nitrogens is 3. The van der Waals surface area contributed by atoms with Gasteiger partial charge in [-0.25, -0.2) is 0 Å². The van der Waals surface area contributed by atoms with Crippen LogP contribution in [0.1, 0.15) is 37.7 Å². The molecule has 0 spiro atoms. The molecule has 0 fully saturated rings. The second-order valence-corrected chi connectivity index (χ2v) is 8.86. The van der Waals surface area contributed by atoms with Crippen molar-refractivity contribution < 1.29 is 9.66 Å². The van der Waals surface area contributed by atoms with E-state index in [0.717, 1.165) is 46.6 Å². The van der Waals surface area contributed by atoms with E-state index >= 15 is 0 Å². The van der Waals surface area contributed by atoms with Crippen molar-refractivity contribution >= 4 is 28.1 Å². The first-order valence-corrected chi connectivity index (χ1v) is 11.3. The maximum Gasteiger partial charge on any atom is 0.324 e. The van der Waals surface area contributed by atoms with E-state index in [1.165, 1.54) is 17.3 Å². The second-order valence-electron chi connectivity index (χ2n) is 7.03. The van der Waals surface area contributed by atoms with Crippen LogP contribution in [0.3, 0.4) is 0 Å². The summed E-state index contributed by atoms with van der Waals surface area (Å²) >= 11 is 2.68. The number of thiophene rings is 1. The molecule has 0 saturated heterocycles. The highest BCUT2D eigenvalue weighted by Crippen LogP contribution is 2.29. The molecule has 0 aliphatic rings. The summed E-state index contributed by atoms with van der Waals surface area (Å²) in [6, 6.07) is 9.69. The lowest BCUT2D eigenvalue weighted by Gasteiger charge is -2.13.